The Balaban J connectivity index is 2.88. The minimum absolute atomic E-state index is 0.111. The minimum Gasteiger partial charge on any atom is -0.340 e. The second kappa shape index (κ2) is 7.47. The summed E-state index contributed by atoms with van der Waals surface area (Å²) >= 11 is 11.7. The Labute approximate surface area is 127 Å². The highest BCUT2D eigenvalue weighted by Gasteiger charge is 2.25. The van der Waals surface area contributed by atoms with Crippen LogP contribution in [0.25, 0.3) is 0 Å². The first-order valence-corrected chi connectivity index (χ1v) is 6.71. The van der Waals surface area contributed by atoms with Gasteiger partial charge in [0, 0.05) is 5.02 Å². The van der Waals surface area contributed by atoms with E-state index in [2.05, 4.69) is 15.6 Å². The van der Waals surface area contributed by atoms with Gasteiger partial charge in [-0.1, -0.05) is 37.0 Å². The van der Waals surface area contributed by atoms with Gasteiger partial charge < -0.3 is 5.32 Å². The highest BCUT2D eigenvalue weighted by molar-refractivity contribution is 6.36. The molecule has 0 aromatic heterocycles. The number of rotatable bonds is 5. The van der Waals surface area contributed by atoms with Gasteiger partial charge in [0.15, 0.2) is 0 Å². The van der Waals surface area contributed by atoms with Crippen molar-refractivity contribution in [3.8, 4) is 0 Å². The van der Waals surface area contributed by atoms with Gasteiger partial charge >= 0.3 is 0 Å². The largest absolute Gasteiger partial charge is 0.340 e. The average Bonchev–Trinajstić information content (AvgIpc) is 2.35. The van der Waals surface area contributed by atoms with E-state index >= 15 is 0 Å². The molecular weight excluding hydrogens is 303 g/mol. The summed E-state index contributed by atoms with van der Waals surface area (Å²) in [7, 11) is 1.33. The maximum absolute atomic E-state index is 12.1. The maximum Gasteiger partial charge on any atom is 0.266 e. The van der Waals surface area contributed by atoms with E-state index in [4.69, 9.17) is 23.2 Å². The van der Waals surface area contributed by atoms with Gasteiger partial charge in [-0.3, -0.25) is 14.4 Å². The summed E-state index contributed by atoms with van der Waals surface area (Å²) in [5.74, 6) is -0.988. The molecule has 0 spiro atoms. The van der Waals surface area contributed by atoms with E-state index in [0.717, 1.165) is 0 Å². The molecule has 0 radical (unpaired) electrons. The topological polar surface area (TPSA) is 67.4 Å². The Morgan fingerprint density at radius 1 is 1.25 bits per heavy atom. The molecule has 0 unspecified atom stereocenters. The van der Waals surface area contributed by atoms with Crippen molar-refractivity contribution in [2.45, 2.75) is 19.9 Å². The summed E-state index contributed by atoms with van der Waals surface area (Å²) < 4.78 is 0. The summed E-state index contributed by atoms with van der Waals surface area (Å²) in [5.41, 5.74) is 2.46. The number of hydroxylamine groups is 1. The van der Waals surface area contributed by atoms with Crippen LogP contribution in [-0.2, 0) is 9.63 Å². The zero-order valence-corrected chi connectivity index (χ0v) is 12.9. The second-order valence-corrected chi connectivity index (χ2v) is 5.33. The Morgan fingerprint density at radius 2 is 1.90 bits per heavy atom. The first-order chi connectivity index (χ1) is 9.36. The number of halogens is 2. The van der Waals surface area contributed by atoms with E-state index in [1.807, 2.05) is 13.8 Å². The monoisotopic (exact) mass is 318 g/mol. The molecule has 1 atom stereocenters. The number of nitrogens with one attached hydrogen (secondary N) is 2. The fourth-order valence-corrected chi connectivity index (χ4v) is 2.09. The first kappa shape index (κ1) is 16.8. The minimum atomic E-state index is -0.728. The van der Waals surface area contributed by atoms with Gasteiger partial charge in [0.05, 0.1) is 17.7 Å². The lowest BCUT2D eigenvalue weighted by Crippen LogP contribution is -2.49. The normalized spacial score (nSPS) is 12.1. The molecular formula is C13H16Cl2N2O3. The molecule has 7 heteroatoms. The molecule has 0 saturated carbocycles. The van der Waals surface area contributed by atoms with E-state index in [1.54, 1.807) is 6.07 Å². The predicted octanol–water partition coefficient (Wildman–Crippen LogP) is 2.43. The Hall–Kier alpha value is -1.30. The highest BCUT2D eigenvalue weighted by Crippen LogP contribution is 2.21. The fourth-order valence-electron chi connectivity index (χ4n) is 1.59. The van der Waals surface area contributed by atoms with Gasteiger partial charge in [0.25, 0.3) is 11.8 Å². The molecule has 1 rings (SSSR count). The van der Waals surface area contributed by atoms with Crippen molar-refractivity contribution in [1.82, 2.24) is 10.8 Å². The van der Waals surface area contributed by atoms with Crippen LogP contribution in [-0.4, -0.2) is 25.0 Å². The first-order valence-electron chi connectivity index (χ1n) is 5.95. The molecule has 1 aromatic rings. The number of hydrogen-bond acceptors (Lipinski definition) is 3. The van der Waals surface area contributed by atoms with Crippen LogP contribution in [0.2, 0.25) is 10.0 Å². The Bertz CT molecular complexity index is 506. The van der Waals surface area contributed by atoms with Crippen LogP contribution in [0.1, 0.15) is 24.2 Å². The van der Waals surface area contributed by atoms with Gasteiger partial charge in [0.1, 0.15) is 6.04 Å². The number of carbonyl (C=O) groups is 2. The second-order valence-electron chi connectivity index (χ2n) is 4.49. The molecule has 1 aromatic carbocycles. The molecule has 0 heterocycles. The van der Waals surface area contributed by atoms with Gasteiger partial charge in [-0.05, 0) is 24.1 Å². The van der Waals surface area contributed by atoms with Crippen LogP contribution < -0.4 is 10.8 Å². The van der Waals surface area contributed by atoms with Crippen molar-refractivity contribution < 1.29 is 14.4 Å². The maximum atomic E-state index is 12.1. The van der Waals surface area contributed by atoms with Gasteiger partial charge in [-0.15, -0.1) is 0 Å². The van der Waals surface area contributed by atoms with Crippen molar-refractivity contribution in [2.75, 3.05) is 7.11 Å². The van der Waals surface area contributed by atoms with Crippen LogP contribution in [0.15, 0.2) is 18.2 Å². The van der Waals surface area contributed by atoms with E-state index in [1.165, 1.54) is 19.2 Å². The zero-order chi connectivity index (χ0) is 15.3. The van der Waals surface area contributed by atoms with Gasteiger partial charge in [-0.25, -0.2) is 5.48 Å². The van der Waals surface area contributed by atoms with E-state index in [0.29, 0.717) is 5.02 Å². The summed E-state index contributed by atoms with van der Waals surface area (Å²) in [6.07, 6.45) is 0. The van der Waals surface area contributed by atoms with E-state index < -0.39 is 17.9 Å². The molecule has 0 aliphatic heterocycles. The Kier molecular flexibility index (Phi) is 6.26. The molecule has 0 bridgehead atoms. The standard InChI is InChI=1S/C13H16Cl2N2O3/c1-7(2)11(13(19)17-20-3)16-12(18)9-5-4-8(14)6-10(9)15/h4-7,11H,1-3H3,(H,16,18)(H,17,19)/t11-/m1/s1. The third-order valence-electron chi connectivity index (χ3n) is 2.61. The Morgan fingerprint density at radius 3 is 2.40 bits per heavy atom. The molecule has 0 aliphatic rings. The van der Waals surface area contributed by atoms with Gasteiger partial charge in [-0.2, -0.15) is 0 Å². The third kappa shape index (κ3) is 4.37. The zero-order valence-electron chi connectivity index (χ0n) is 11.4. The summed E-state index contributed by atoms with van der Waals surface area (Å²) in [6.45, 7) is 3.62. The smallest absolute Gasteiger partial charge is 0.266 e. The molecule has 2 amide bonds. The summed E-state index contributed by atoms with van der Waals surface area (Å²) in [4.78, 5) is 28.5. The van der Waals surface area contributed by atoms with Crippen molar-refractivity contribution >= 4 is 35.0 Å². The lowest BCUT2D eigenvalue weighted by atomic mass is 10.0. The quantitative estimate of drug-likeness (QED) is 0.819. The number of amides is 2. The summed E-state index contributed by atoms with van der Waals surface area (Å²) in [5, 5.41) is 3.28. The van der Waals surface area contributed by atoms with Crippen molar-refractivity contribution in [2.24, 2.45) is 5.92 Å². The molecule has 20 heavy (non-hydrogen) atoms. The number of hydrogen-bond donors (Lipinski definition) is 2. The summed E-state index contributed by atoms with van der Waals surface area (Å²) in [6, 6.07) is 3.81. The van der Waals surface area contributed by atoms with Crippen molar-refractivity contribution in [3.05, 3.63) is 33.8 Å². The van der Waals surface area contributed by atoms with Crippen LogP contribution in [0.3, 0.4) is 0 Å². The van der Waals surface area contributed by atoms with Gasteiger partial charge in [0.2, 0.25) is 0 Å². The highest BCUT2D eigenvalue weighted by atomic mass is 35.5. The third-order valence-corrected chi connectivity index (χ3v) is 3.16. The number of carbonyl (C=O) groups excluding carboxylic acids is 2. The molecule has 0 fully saturated rings. The molecule has 2 N–H and O–H groups in total. The number of benzene rings is 1. The molecule has 0 aliphatic carbocycles. The molecule has 110 valence electrons. The van der Waals surface area contributed by atoms with Crippen LogP contribution in [0, 0.1) is 5.92 Å². The molecule has 5 nitrogen and oxygen atoms in total. The average molecular weight is 319 g/mol. The fraction of sp³-hybridized carbons (Fsp3) is 0.385. The van der Waals surface area contributed by atoms with Crippen molar-refractivity contribution in [3.63, 3.8) is 0 Å². The lowest BCUT2D eigenvalue weighted by molar-refractivity contribution is -0.134. The van der Waals surface area contributed by atoms with E-state index in [9.17, 15) is 9.59 Å². The van der Waals surface area contributed by atoms with E-state index in [-0.39, 0.29) is 16.5 Å². The SMILES string of the molecule is CONC(=O)[C@H](NC(=O)c1ccc(Cl)cc1Cl)C(C)C. The van der Waals surface area contributed by atoms with Crippen molar-refractivity contribution in [1.29, 1.82) is 0 Å². The van der Waals surface area contributed by atoms with Crippen LogP contribution in [0.4, 0.5) is 0 Å². The van der Waals surface area contributed by atoms with Crippen LogP contribution >= 0.6 is 23.2 Å². The van der Waals surface area contributed by atoms with Crippen LogP contribution in [0.5, 0.6) is 0 Å². The predicted molar refractivity (Wildman–Crippen MR) is 77.7 cm³/mol. The lowest BCUT2D eigenvalue weighted by Gasteiger charge is -2.21. The molecule has 0 saturated heterocycles.